The Hall–Kier alpha value is -2.01. The highest BCUT2D eigenvalue weighted by atomic mass is 16.5. The van der Waals surface area contributed by atoms with Crippen molar-refractivity contribution in [1.82, 2.24) is 5.32 Å². The molecule has 1 rings (SSSR count). The van der Waals surface area contributed by atoms with Gasteiger partial charge in [-0.05, 0) is 36.6 Å². The number of carbonyl (C=O) groups excluding carboxylic acids is 1. The molecule has 1 unspecified atom stereocenters. The lowest BCUT2D eigenvalue weighted by molar-refractivity contribution is -0.123. The highest BCUT2D eigenvalue weighted by Gasteiger charge is 2.09. The van der Waals surface area contributed by atoms with Gasteiger partial charge in [-0.25, -0.2) is 0 Å². The number of hydrogen-bond donors (Lipinski definition) is 2. The summed E-state index contributed by atoms with van der Waals surface area (Å²) < 4.78 is 10.8. The first-order chi connectivity index (χ1) is 10.1. The van der Waals surface area contributed by atoms with Crippen molar-refractivity contribution in [3.8, 4) is 11.5 Å². The molecule has 0 radical (unpaired) electrons. The zero-order valence-electron chi connectivity index (χ0n) is 12.7. The largest absolute Gasteiger partial charge is 0.493 e. The Morgan fingerprint density at radius 1 is 1.48 bits per heavy atom. The smallest absolute Gasteiger partial charge is 0.257 e. The fourth-order valence-corrected chi connectivity index (χ4v) is 1.69. The quantitative estimate of drug-likeness (QED) is 0.677. The van der Waals surface area contributed by atoms with E-state index in [4.69, 9.17) is 15.2 Å². The van der Waals surface area contributed by atoms with Crippen LogP contribution in [-0.4, -0.2) is 32.7 Å². The number of amides is 1. The van der Waals surface area contributed by atoms with Crippen molar-refractivity contribution < 1.29 is 14.3 Å². The number of hydrogen-bond acceptors (Lipinski definition) is 4. The summed E-state index contributed by atoms with van der Waals surface area (Å²) in [6, 6.07) is 5.60. The number of rotatable bonds is 9. The van der Waals surface area contributed by atoms with Crippen molar-refractivity contribution in [2.24, 2.45) is 11.7 Å². The lowest BCUT2D eigenvalue weighted by Gasteiger charge is -2.13. The van der Waals surface area contributed by atoms with Crippen LogP contribution in [0.2, 0.25) is 0 Å². The Balaban J connectivity index is 2.54. The molecule has 0 spiro atoms. The summed E-state index contributed by atoms with van der Waals surface area (Å²) in [6.07, 6.45) is 2.58. The predicted octanol–water partition coefficient (Wildman–Crippen LogP) is 1.51. The number of benzene rings is 1. The van der Waals surface area contributed by atoms with E-state index in [2.05, 4.69) is 11.9 Å². The van der Waals surface area contributed by atoms with Gasteiger partial charge in [0.2, 0.25) is 0 Å². The fourth-order valence-electron chi connectivity index (χ4n) is 1.69. The van der Waals surface area contributed by atoms with E-state index in [0.29, 0.717) is 24.6 Å². The van der Waals surface area contributed by atoms with Crippen molar-refractivity contribution in [1.29, 1.82) is 0 Å². The van der Waals surface area contributed by atoms with Crippen LogP contribution in [0.25, 0.3) is 0 Å². The molecule has 1 atom stereocenters. The van der Waals surface area contributed by atoms with Gasteiger partial charge in [0, 0.05) is 6.54 Å². The zero-order valence-corrected chi connectivity index (χ0v) is 12.7. The van der Waals surface area contributed by atoms with Crippen LogP contribution < -0.4 is 20.5 Å². The lowest BCUT2D eigenvalue weighted by atomic mass is 10.1. The van der Waals surface area contributed by atoms with Crippen molar-refractivity contribution in [3.63, 3.8) is 0 Å². The lowest BCUT2D eigenvalue weighted by Crippen LogP contribution is -2.34. The van der Waals surface area contributed by atoms with Crippen LogP contribution >= 0.6 is 0 Å². The molecule has 0 saturated heterocycles. The molecule has 1 amide bonds. The maximum absolute atomic E-state index is 11.7. The van der Waals surface area contributed by atoms with Crippen molar-refractivity contribution in [2.45, 2.75) is 13.3 Å². The van der Waals surface area contributed by atoms with Gasteiger partial charge in [-0.2, -0.15) is 0 Å². The molecule has 3 N–H and O–H groups in total. The van der Waals surface area contributed by atoms with Gasteiger partial charge in [0.15, 0.2) is 18.1 Å². The molecule has 1 aromatic rings. The molecule has 0 heterocycles. The standard InChI is InChI=1S/C16H24N2O3/c1-4-5-13-6-7-14(15(8-13)20-3)21-11-16(19)18-10-12(2)9-17/h4,6-8,12H,1,5,9-11,17H2,2-3H3,(H,18,19). The number of methoxy groups -OCH3 is 1. The minimum atomic E-state index is -0.174. The van der Waals surface area contributed by atoms with Gasteiger partial charge in [-0.3, -0.25) is 4.79 Å². The van der Waals surface area contributed by atoms with Crippen LogP contribution in [0.15, 0.2) is 30.9 Å². The van der Waals surface area contributed by atoms with E-state index >= 15 is 0 Å². The Labute approximate surface area is 126 Å². The minimum Gasteiger partial charge on any atom is -0.493 e. The van der Waals surface area contributed by atoms with Crippen LogP contribution in [0.1, 0.15) is 12.5 Å². The number of nitrogens with two attached hydrogens (primary N) is 1. The summed E-state index contributed by atoms with van der Waals surface area (Å²) >= 11 is 0. The van der Waals surface area contributed by atoms with Crippen molar-refractivity contribution in [2.75, 3.05) is 26.8 Å². The van der Waals surface area contributed by atoms with Gasteiger partial charge in [-0.1, -0.05) is 19.1 Å². The Morgan fingerprint density at radius 3 is 2.86 bits per heavy atom. The van der Waals surface area contributed by atoms with Gasteiger partial charge < -0.3 is 20.5 Å². The third-order valence-electron chi connectivity index (χ3n) is 3.02. The average molecular weight is 292 g/mol. The van der Waals surface area contributed by atoms with Gasteiger partial charge in [0.25, 0.3) is 5.91 Å². The first kappa shape index (κ1) is 17.0. The van der Waals surface area contributed by atoms with Gasteiger partial charge in [0.1, 0.15) is 0 Å². The van der Waals surface area contributed by atoms with E-state index in [0.717, 1.165) is 12.0 Å². The van der Waals surface area contributed by atoms with Gasteiger partial charge >= 0.3 is 0 Å². The topological polar surface area (TPSA) is 73.6 Å². The Morgan fingerprint density at radius 2 is 2.24 bits per heavy atom. The molecule has 0 aliphatic carbocycles. The number of allylic oxidation sites excluding steroid dienone is 1. The molecule has 0 saturated carbocycles. The summed E-state index contributed by atoms with van der Waals surface area (Å²) in [5.41, 5.74) is 6.57. The summed E-state index contributed by atoms with van der Waals surface area (Å²) in [5, 5.41) is 2.77. The minimum absolute atomic E-state index is 0.0472. The summed E-state index contributed by atoms with van der Waals surface area (Å²) in [4.78, 5) is 11.7. The molecule has 0 aromatic heterocycles. The SMILES string of the molecule is C=CCc1ccc(OCC(=O)NCC(C)CN)c(OC)c1. The van der Waals surface area contributed by atoms with Crippen molar-refractivity contribution >= 4 is 5.91 Å². The van der Waals surface area contributed by atoms with E-state index in [1.54, 1.807) is 13.2 Å². The highest BCUT2D eigenvalue weighted by molar-refractivity contribution is 5.77. The Bertz CT molecular complexity index is 475. The van der Waals surface area contributed by atoms with Crippen LogP contribution in [0.4, 0.5) is 0 Å². The number of nitrogens with one attached hydrogen (secondary N) is 1. The summed E-state index contributed by atoms with van der Waals surface area (Å²) in [6.45, 7) is 6.72. The van der Waals surface area contributed by atoms with E-state index in [1.165, 1.54) is 0 Å². The second-order valence-electron chi connectivity index (χ2n) is 4.91. The average Bonchev–Trinajstić information content (AvgIpc) is 2.51. The molecule has 0 fully saturated rings. The number of ether oxygens (including phenoxy) is 2. The van der Waals surface area contributed by atoms with E-state index < -0.39 is 0 Å². The van der Waals surface area contributed by atoms with Crippen LogP contribution in [-0.2, 0) is 11.2 Å². The second kappa shape index (κ2) is 9.02. The molecule has 116 valence electrons. The molecule has 0 aliphatic heterocycles. The first-order valence-electron chi connectivity index (χ1n) is 6.98. The molecule has 5 heteroatoms. The molecule has 0 aliphatic rings. The summed E-state index contributed by atoms with van der Waals surface area (Å²) in [5.74, 6) is 1.24. The normalized spacial score (nSPS) is 11.6. The van der Waals surface area contributed by atoms with Crippen LogP contribution in [0, 0.1) is 5.92 Å². The third-order valence-corrected chi connectivity index (χ3v) is 3.02. The van der Waals surface area contributed by atoms with Gasteiger partial charge in [0.05, 0.1) is 7.11 Å². The first-order valence-corrected chi connectivity index (χ1v) is 6.98. The highest BCUT2D eigenvalue weighted by Crippen LogP contribution is 2.28. The molecule has 0 bridgehead atoms. The van der Waals surface area contributed by atoms with Gasteiger partial charge in [-0.15, -0.1) is 6.58 Å². The molecule has 5 nitrogen and oxygen atoms in total. The van der Waals surface area contributed by atoms with E-state index in [1.807, 2.05) is 25.1 Å². The fraction of sp³-hybridized carbons (Fsp3) is 0.438. The maximum atomic E-state index is 11.7. The second-order valence-corrected chi connectivity index (χ2v) is 4.91. The Kier molecular flexibility index (Phi) is 7.32. The third kappa shape index (κ3) is 5.87. The van der Waals surface area contributed by atoms with E-state index in [9.17, 15) is 4.79 Å². The monoisotopic (exact) mass is 292 g/mol. The van der Waals surface area contributed by atoms with Crippen LogP contribution in [0.5, 0.6) is 11.5 Å². The van der Waals surface area contributed by atoms with Crippen LogP contribution in [0.3, 0.4) is 0 Å². The molecular weight excluding hydrogens is 268 g/mol. The van der Waals surface area contributed by atoms with E-state index in [-0.39, 0.29) is 18.4 Å². The summed E-state index contributed by atoms with van der Waals surface area (Å²) in [7, 11) is 1.57. The predicted molar refractivity (Wildman–Crippen MR) is 83.6 cm³/mol. The molecule has 1 aromatic carbocycles. The zero-order chi connectivity index (χ0) is 15.7. The maximum Gasteiger partial charge on any atom is 0.257 e. The molecular formula is C16H24N2O3. The molecule has 21 heavy (non-hydrogen) atoms. The van der Waals surface area contributed by atoms with Crippen molar-refractivity contribution in [3.05, 3.63) is 36.4 Å². The number of carbonyl (C=O) groups is 1.